The number of aromatic carboxylic acids is 2. The van der Waals surface area contributed by atoms with Crippen LogP contribution in [-0.4, -0.2) is 71.5 Å². The van der Waals surface area contributed by atoms with Crippen LogP contribution in [0.4, 0.5) is 5.69 Å². The molecule has 3 heterocycles. The van der Waals surface area contributed by atoms with E-state index in [1.165, 1.54) is 63.1 Å². The number of aromatic nitrogens is 2. The van der Waals surface area contributed by atoms with Crippen molar-refractivity contribution in [3.63, 3.8) is 0 Å². The van der Waals surface area contributed by atoms with Crippen LogP contribution in [0.15, 0.2) is 167 Å². The number of anilines is 1. The number of fused-ring (bicyclic) bond motifs is 4. The number of aromatic hydroxyl groups is 6. The quantitative estimate of drug-likeness (QED) is 0.0494. The predicted octanol–water partition coefficient (Wildman–Crippen LogP) is 11.1. The summed E-state index contributed by atoms with van der Waals surface area (Å²) in [6.07, 6.45) is 4.32. The minimum atomic E-state index is -1.34. The number of hydrogen-bond donors (Lipinski definition) is 8. The molecule has 0 saturated carbocycles. The Hall–Kier alpha value is -10.7. The molecular weight excluding hydrogens is 1020 g/mol. The lowest BCUT2D eigenvalue weighted by atomic mass is 9.90. The van der Waals surface area contributed by atoms with Gasteiger partial charge in [0.1, 0.15) is 40.8 Å². The van der Waals surface area contributed by atoms with Gasteiger partial charge in [0.05, 0.1) is 5.56 Å². The molecule has 11 rings (SSSR count). The van der Waals surface area contributed by atoms with Gasteiger partial charge < -0.3 is 59.8 Å². The van der Waals surface area contributed by atoms with E-state index in [1.54, 1.807) is 48.5 Å². The van der Waals surface area contributed by atoms with Gasteiger partial charge in [0.25, 0.3) is 0 Å². The molecule has 0 bridgehead atoms. The molecule has 0 unspecified atom stereocenters. The average Bonchev–Trinajstić information content (AvgIpc) is 3.77. The summed E-state index contributed by atoms with van der Waals surface area (Å²) in [5, 5.41) is 93.7. The van der Waals surface area contributed by atoms with Crippen molar-refractivity contribution in [2.45, 2.75) is 20.3 Å². The van der Waals surface area contributed by atoms with Crippen molar-refractivity contribution in [2.24, 2.45) is 7.05 Å². The first-order valence-electron chi connectivity index (χ1n) is 24.9. The third kappa shape index (κ3) is 10.6. The Morgan fingerprint density at radius 1 is 0.637 bits per heavy atom. The molecule has 3 aromatic heterocycles. The zero-order valence-electron chi connectivity index (χ0n) is 43.8. The second kappa shape index (κ2) is 22.1. The fourth-order valence-electron chi connectivity index (χ4n) is 9.76. The number of phenols is 5. The Bertz CT molecular complexity index is 4250. The molecular formula is C64H53N3O13. The zero-order chi connectivity index (χ0) is 57.3. The van der Waals surface area contributed by atoms with E-state index in [1.807, 2.05) is 0 Å². The summed E-state index contributed by atoms with van der Waals surface area (Å²) in [6.45, 7) is 4.35. The van der Waals surface area contributed by atoms with Crippen LogP contribution in [0, 0.1) is 13.8 Å². The standard InChI is InChI=1S/C26H28N3.C23H16O6.C15H10O7/c1-19-17-21(20(2)29(19)24-9-7-6-8-10-24)11-13-23-14-12-22-18-25(27(3)4)15-16-26(22)28(23)5;24-20-16(14-7-3-1-5-12(14)9-18(20)22(26)27)11-17-15-8-4-2-6-13(15)10-19(21(17)25)23(28)29;16-7-4-10(19)12-11(5-7)22-15(14(21)13(12)20)6-1-2-8(17)9(18)3-6/h6-18H,1-5H3;1-10,24-25H,11H2,(H,26,27)(H,28,29);1-5,16-19,21H/q+1;;/p-1. The molecule has 402 valence electrons. The molecule has 80 heavy (non-hydrogen) atoms. The van der Waals surface area contributed by atoms with Gasteiger partial charge in [-0.15, -0.1) is 0 Å². The summed E-state index contributed by atoms with van der Waals surface area (Å²) >= 11 is 0. The molecule has 0 fully saturated rings. The second-order valence-electron chi connectivity index (χ2n) is 19.1. The number of para-hydroxylation sites is 1. The summed E-state index contributed by atoms with van der Waals surface area (Å²) in [7, 11) is 6.28. The summed E-state index contributed by atoms with van der Waals surface area (Å²) in [5.74, 6) is -6.42. The molecule has 0 spiro atoms. The van der Waals surface area contributed by atoms with Crippen LogP contribution in [0.1, 0.15) is 54.5 Å². The van der Waals surface area contributed by atoms with E-state index in [2.05, 4.69) is 128 Å². The number of carboxylic acids is 2. The van der Waals surface area contributed by atoms with Crippen molar-refractivity contribution in [2.75, 3.05) is 19.0 Å². The fourth-order valence-corrected chi connectivity index (χ4v) is 9.76. The van der Waals surface area contributed by atoms with Gasteiger partial charge in [-0.05, 0) is 119 Å². The number of aryl methyl sites for hydroxylation is 2. The topological polar surface area (TPSA) is 261 Å². The van der Waals surface area contributed by atoms with Crippen LogP contribution in [0.3, 0.4) is 0 Å². The summed E-state index contributed by atoms with van der Waals surface area (Å²) in [6, 6.07) is 45.9. The van der Waals surface area contributed by atoms with Crippen molar-refractivity contribution in [1.82, 2.24) is 4.57 Å². The Kier molecular flexibility index (Phi) is 14.9. The molecule has 0 aliphatic rings. The minimum absolute atomic E-state index is 0.103. The van der Waals surface area contributed by atoms with Crippen LogP contribution in [0.5, 0.6) is 40.2 Å². The van der Waals surface area contributed by atoms with Crippen LogP contribution >= 0.6 is 0 Å². The van der Waals surface area contributed by atoms with Gasteiger partial charge in [-0.3, -0.25) is 4.79 Å². The number of hydrogen-bond acceptors (Lipinski definition) is 12. The zero-order valence-corrected chi connectivity index (χ0v) is 43.8. The van der Waals surface area contributed by atoms with Crippen molar-refractivity contribution < 1.29 is 64.5 Å². The highest BCUT2D eigenvalue weighted by Crippen LogP contribution is 2.40. The van der Waals surface area contributed by atoms with E-state index in [9.17, 15) is 60.3 Å². The first-order valence-corrected chi connectivity index (χ1v) is 24.9. The van der Waals surface area contributed by atoms with Gasteiger partial charge in [0, 0.05) is 90.1 Å². The summed E-state index contributed by atoms with van der Waals surface area (Å²) < 4.78 is 9.91. The number of phenolic OH excluding ortho intramolecular Hbond substituents is 4. The van der Waals surface area contributed by atoms with Crippen molar-refractivity contribution >= 4 is 73.2 Å². The highest BCUT2D eigenvalue weighted by molar-refractivity contribution is 6.02. The maximum atomic E-state index is 12.9. The molecule has 0 radical (unpaired) electrons. The fraction of sp³-hybridized carbons (Fsp3) is 0.0938. The third-order valence-corrected chi connectivity index (χ3v) is 13.8. The number of carbonyl (C=O) groups is 2. The highest BCUT2D eigenvalue weighted by atomic mass is 16.4. The molecule has 8 aromatic carbocycles. The minimum Gasteiger partial charge on any atom is -0.872 e. The van der Waals surface area contributed by atoms with E-state index in [0.29, 0.717) is 21.5 Å². The van der Waals surface area contributed by atoms with Crippen molar-refractivity contribution in [1.29, 1.82) is 0 Å². The van der Waals surface area contributed by atoms with Crippen LogP contribution in [-0.2, 0) is 13.5 Å². The number of nitrogens with zero attached hydrogens (tertiary/aromatic N) is 3. The first kappa shape index (κ1) is 54.1. The maximum absolute atomic E-state index is 12.9. The molecule has 16 nitrogen and oxygen atoms in total. The Labute approximate surface area is 457 Å². The number of benzene rings is 8. The van der Waals surface area contributed by atoms with Crippen molar-refractivity contribution in [3.05, 3.63) is 213 Å². The van der Waals surface area contributed by atoms with Gasteiger partial charge in [0.15, 0.2) is 17.3 Å². The Balaban J connectivity index is 0.000000147. The highest BCUT2D eigenvalue weighted by Gasteiger charge is 2.22. The molecule has 11 aromatic rings. The largest absolute Gasteiger partial charge is 0.872 e. The third-order valence-electron chi connectivity index (χ3n) is 13.8. The van der Waals surface area contributed by atoms with Crippen LogP contribution in [0.2, 0.25) is 0 Å². The maximum Gasteiger partial charge on any atom is 0.339 e. The molecule has 0 aliphatic carbocycles. The van der Waals surface area contributed by atoms with E-state index in [-0.39, 0.29) is 62.5 Å². The lowest BCUT2D eigenvalue weighted by molar-refractivity contribution is -0.646. The lowest BCUT2D eigenvalue weighted by Crippen LogP contribution is -2.32. The number of rotatable bonds is 9. The molecule has 16 heteroatoms. The summed E-state index contributed by atoms with van der Waals surface area (Å²) in [5.41, 5.74) is 7.51. The van der Waals surface area contributed by atoms with E-state index < -0.39 is 46.1 Å². The van der Waals surface area contributed by atoms with Gasteiger partial charge >= 0.3 is 11.9 Å². The molecule has 0 aliphatic heterocycles. The SMILES string of the molecule is Cc1cc(C=Cc2ccc3cc(N(C)C)ccc3[n+]2C)c(C)n1-c1ccccc1.O=C(O)c1cc2ccccc2c(Cc2c(O)c(C(=O)O)cc3ccccc23)c1[O-].O=c1c(O)c(-c2ccc(O)c(O)c2)oc2cc(O)cc(O)c12. The second-order valence-corrected chi connectivity index (χ2v) is 19.1. The molecule has 0 amide bonds. The normalized spacial score (nSPS) is 11.2. The van der Waals surface area contributed by atoms with Crippen LogP contribution in [0.25, 0.3) is 72.6 Å². The monoisotopic (exact) mass is 1070 g/mol. The molecule has 0 saturated heterocycles. The molecule has 0 atom stereocenters. The smallest absolute Gasteiger partial charge is 0.339 e. The van der Waals surface area contributed by atoms with E-state index >= 15 is 0 Å². The first-order chi connectivity index (χ1) is 38.2. The molecule has 8 N–H and O–H groups in total. The average molecular weight is 1070 g/mol. The van der Waals surface area contributed by atoms with Gasteiger partial charge in [-0.25, -0.2) is 9.59 Å². The number of pyridine rings is 1. The van der Waals surface area contributed by atoms with Gasteiger partial charge in [-0.2, -0.15) is 4.57 Å². The predicted molar refractivity (Wildman–Crippen MR) is 306 cm³/mol. The van der Waals surface area contributed by atoms with Gasteiger partial charge in [-0.1, -0.05) is 72.5 Å². The Morgan fingerprint density at radius 3 is 1.93 bits per heavy atom. The van der Waals surface area contributed by atoms with E-state index in [4.69, 9.17) is 4.42 Å². The van der Waals surface area contributed by atoms with Crippen molar-refractivity contribution in [3.8, 4) is 57.3 Å². The Morgan fingerprint density at radius 2 is 1.27 bits per heavy atom. The van der Waals surface area contributed by atoms with E-state index in [0.717, 1.165) is 24.3 Å². The van der Waals surface area contributed by atoms with Crippen LogP contribution < -0.4 is 20.0 Å². The summed E-state index contributed by atoms with van der Waals surface area (Å²) in [4.78, 5) is 37.4. The number of carboxylic acid groups (broad SMARTS) is 2. The lowest BCUT2D eigenvalue weighted by Gasteiger charge is -2.21. The van der Waals surface area contributed by atoms with Gasteiger partial charge in [0.2, 0.25) is 22.4 Å².